The summed E-state index contributed by atoms with van der Waals surface area (Å²) < 4.78 is 14.8. The van der Waals surface area contributed by atoms with Crippen molar-refractivity contribution in [2.45, 2.75) is 38.5 Å². The molecule has 2 aromatic rings. The standard InChI is InChI=1S/C27H34N4O8/c1-37-24(33)17-29-23(32)16-30-25(34)22(31-27(36)39-19-21-12-6-3-7-13-21)14-8-9-15-28-26(35)38-18-20-10-4-2-5-11-20/h2-7,10-13,22H,8-9,14-19H2,1H3,(H,28,35)(H,29,32)(H,30,34)(H,31,36). The Kier molecular flexibility index (Phi) is 14.0. The molecule has 0 fully saturated rings. The van der Waals surface area contributed by atoms with Crippen LogP contribution in [0.15, 0.2) is 60.7 Å². The summed E-state index contributed by atoms with van der Waals surface area (Å²) in [7, 11) is 1.19. The minimum Gasteiger partial charge on any atom is -0.468 e. The van der Waals surface area contributed by atoms with E-state index >= 15 is 0 Å². The van der Waals surface area contributed by atoms with E-state index in [4.69, 9.17) is 9.47 Å². The average molecular weight is 543 g/mol. The van der Waals surface area contributed by atoms with Crippen molar-refractivity contribution in [3.05, 3.63) is 71.8 Å². The molecule has 39 heavy (non-hydrogen) atoms. The predicted octanol–water partition coefficient (Wildman–Crippen LogP) is 1.78. The highest BCUT2D eigenvalue weighted by Gasteiger charge is 2.22. The third kappa shape index (κ3) is 13.5. The summed E-state index contributed by atoms with van der Waals surface area (Å²) in [4.78, 5) is 59.9. The first-order valence-corrected chi connectivity index (χ1v) is 12.4. The molecular formula is C27H34N4O8. The highest BCUT2D eigenvalue weighted by molar-refractivity contribution is 5.90. The van der Waals surface area contributed by atoms with Crippen LogP contribution in [0.5, 0.6) is 0 Å². The Hall–Kier alpha value is -4.61. The molecule has 2 rings (SSSR count). The van der Waals surface area contributed by atoms with E-state index in [1.54, 1.807) is 12.1 Å². The Morgan fingerprint density at radius 2 is 1.31 bits per heavy atom. The average Bonchev–Trinajstić information content (AvgIpc) is 2.96. The number of benzene rings is 2. The number of alkyl carbamates (subject to hydrolysis) is 2. The molecule has 0 radical (unpaired) electrons. The maximum atomic E-state index is 12.7. The van der Waals surface area contributed by atoms with Gasteiger partial charge in [-0.05, 0) is 30.4 Å². The third-order valence-corrected chi connectivity index (χ3v) is 5.30. The summed E-state index contributed by atoms with van der Waals surface area (Å²) >= 11 is 0. The molecule has 0 heterocycles. The number of methoxy groups -OCH3 is 1. The van der Waals surface area contributed by atoms with Crippen molar-refractivity contribution in [1.29, 1.82) is 0 Å². The van der Waals surface area contributed by atoms with Gasteiger partial charge < -0.3 is 35.5 Å². The largest absolute Gasteiger partial charge is 0.468 e. The van der Waals surface area contributed by atoms with Crippen molar-refractivity contribution in [3.63, 3.8) is 0 Å². The topological polar surface area (TPSA) is 161 Å². The van der Waals surface area contributed by atoms with Crippen LogP contribution in [0.3, 0.4) is 0 Å². The number of unbranched alkanes of at least 4 members (excludes halogenated alkanes) is 1. The molecule has 0 aliphatic carbocycles. The van der Waals surface area contributed by atoms with Gasteiger partial charge in [0.1, 0.15) is 25.8 Å². The fourth-order valence-corrected chi connectivity index (χ4v) is 3.21. The normalized spacial score (nSPS) is 10.9. The summed E-state index contributed by atoms with van der Waals surface area (Å²) in [6.07, 6.45) is -0.170. The van der Waals surface area contributed by atoms with E-state index in [0.29, 0.717) is 19.4 Å². The molecule has 1 atom stereocenters. The van der Waals surface area contributed by atoms with Gasteiger partial charge in [-0.3, -0.25) is 14.4 Å². The number of ether oxygens (including phenoxy) is 3. The van der Waals surface area contributed by atoms with E-state index in [0.717, 1.165) is 11.1 Å². The fourth-order valence-electron chi connectivity index (χ4n) is 3.21. The number of hydrogen-bond acceptors (Lipinski definition) is 8. The van der Waals surface area contributed by atoms with Gasteiger partial charge in [-0.15, -0.1) is 0 Å². The van der Waals surface area contributed by atoms with Gasteiger partial charge >= 0.3 is 18.2 Å². The second-order valence-electron chi connectivity index (χ2n) is 8.31. The monoisotopic (exact) mass is 542 g/mol. The summed E-state index contributed by atoms with van der Waals surface area (Å²) in [6.45, 7) is -0.263. The molecular weight excluding hydrogens is 508 g/mol. The first-order valence-electron chi connectivity index (χ1n) is 12.4. The lowest BCUT2D eigenvalue weighted by molar-refractivity contribution is -0.141. The number of rotatable bonds is 15. The lowest BCUT2D eigenvalue weighted by Crippen LogP contribution is -2.49. The van der Waals surface area contributed by atoms with E-state index < -0.39 is 42.6 Å². The maximum Gasteiger partial charge on any atom is 0.408 e. The summed E-state index contributed by atoms with van der Waals surface area (Å²) in [5.74, 6) is -1.83. The Labute approximate surface area is 226 Å². The Bertz CT molecular complexity index is 1070. The van der Waals surface area contributed by atoms with E-state index in [1.165, 1.54) is 7.11 Å². The van der Waals surface area contributed by atoms with E-state index in [2.05, 4.69) is 26.0 Å². The molecule has 210 valence electrons. The molecule has 0 saturated carbocycles. The second-order valence-corrected chi connectivity index (χ2v) is 8.31. The second kappa shape index (κ2) is 17.8. The van der Waals surface area contributed by atoms with Gasteiger partial charge in [0, 0.05) is 6.54 Å². The molecule has 0 aliphatic heterocycles. The molecule has 1 unspecified atom stereocenters. The van der Waals surface area contributed by atoms with Crippen molar-refractivity contribution in [2.24, 2.45) is 0 Å². The number of nitrogens with one attached hydrogen (secondary N) is 4. The van der Waals surface area contributed by atoms with Gasteiger partial charge in [0.15, 0.2) is 0 Å². The highest BCUT2D eigenvalue weighted by atomic mass is 16.6. The van der Waals surface area contributed by atoms with E-state index in [-0.39, 0.29) is 26.2 Å². The summed E-state index contributed by atoms with van der Waals surface area (Å²) in [5.41, 5.74) is 1.65. The summed E-state index contributed by atoms with van der Waals surface area (Å²) in [6, 6.07) is 17.3. The third-order valence-electron chi connectivity index (χ3n) is 5.30. The molecule has 0 aromatic heterocycles. The van der Waals surface area contributed by atoms with Crippen molar-refractivity contribution in [1.82, 2.24) is 21.3 Å². The zero-order valence-corrected chi connectivity index (χ0v) is 21.8. The van der Waals surface area contributed by atoms with Gasteiger partial charge in [-0.25, -0.2) is 9.59 Å². The number of carbonyl (C=O) groups excluding carboxylic acids is 5. The first-order chi connectivity index (χ1) is 18.9. The van der Waals surface area contributed by atoms with Crippen molar-refractivity contribution < 1.29 is 38.2 Å². The van der Waals surface area contributed by atoms with Crippen molar-refractivity contribution in [3.8, 4) is 0 Å². The predicted molar refractivity (Wildman–Crippen MR) is 140 cm³/mol. The molecule has 4 N–H and O–H groups in total. The van der Waals surface area contributed by atoms with Crippen LogP contribution in [0, 0.1) is 0 Å². The number of amides is 4. The van der Waals surface area contributed by atoms with E-state index in [1.807, 2.05) is 48.5 Å². The zero-order valence-electron chi connectivity index (χ0n) is 21.8. The molecule has 0 saturated heterocycles. The molecule has 12 heteroatoms. The SMILES string of the molecule is COC(=O)CNC(=O)CNC(=O)C(CCCCNC(=O)OCc1ccccc1)NC(=O)OCc1ccccc1. The molecule has 0 aliphatic rings. The van der Waals surface area contributed by atoms with Crippen LogP contribution in [-0.4, -0.2) is 62.8 Å². The lowest BCUT2D eigenvalue weighted by atomic mass is 10.1. The molecule has 4 amide bonds. The van der Waals surface area contributed by atoms with Gasteiger partial charge in [0.05, 0.1) is 13.7 Å². The molecule has 0 spiro atoms. The Morgan fingerprint density at radius 3 is 1.90 bits per heavy atom. The summed E-state index contributed by atoms with van der Waals surface area (Å²) in [5, 5.41) is 9.89. The minimum atomic E-state index is -0.994. The Balaban J connectivity index is 1.78. The Morgan fingerprint density at radius 1 is 0.718 bits per heavy atom. The van der Waals surface area contributed by atoms with Crippen LogP contribution in [0.1, 0.15) is 30.4 Å². The van der Waals surface area contributed by atoms with Crippen LogP contribution in [0.4, 0.5) is 9.59 Å². The van der Waals surface area contributed by atoms with Crippen LogP contribution < -0.4 is 21.3 Å². The van der Waals surface area contributed by atoms with Gasteiger partial charge in [-0.2, -0.15) is 0 Å². The maximum absolute atomic E-state index is 12.7. The van der Waals surface area contributed by atoms with Crippen LogP contribution in [-0.2, 0) is 41.8 Å². The minimum absolute atomic E-state index is 0.0198. The van der Waals surface area contributed by atoms with Gasteiger partial charge in [-0.1, -0.05) is 60.7 Å². The number of esters is 1. The van der Waals surface area contributed by atoms with E-state index in [9.17, 15) is 24.0 Å². The van der Waals surface area contributed by atoms with Crippen molar-refractivity contribution >= 4 is 30.0 Å². The number of carbonyl (C=O) groups is 5. The lowest BCUT2D eigenvalue weighted by Gasteiger charge is -2.18. The van der Waals surface area contributed by atoms with Crippen LogP contribution in [0.2, 0.25) is 0 Å². The fraction of sp³-hybridized carbons (Fsp3) is 0.370. The van der Waals surface area contributed by atoms with Crippen molar-refractivity contribution in [2.75, 3.05) is 26.7 Å². The highest BCUT2D eigenvalue weighted by Crippen LogP contribution is 2.05. The van der Waals surface area contributed by atoms with Gasteiger partial charge in [0.2, 0.25) is 11.8 Å². The molecule has 0 bridgehead atoms. The molecule has 2 aromatic carbocycles. The zero-order chi connectivity index (χ0) is 28.3. The quantitative estimate of drug-likeness (QED) is 0.150. The number of hydrogen-bond donors (Lipinski definition) is 4. The van der Waals surface area contributed by atoms with Gasteiger partial charge in [0.25, 0.3) is 0 Å². The molecule has 12 nitrogen and oxygen atoms in total. The van der Waals surface area contributed by atoms with Crippen LogP contribution in [0.25, 0.3) is 0 Å². The van der Waals surface area contributed by atoms with Crippen LogP contribution >= 0.6 is 0 Å². The first kappa shape index (κ1) is 30.6. The smallest absolute Gasteiger partial charge is 0.408 e.